The molecule has 2 aromatic rings. The van der Waals surface area contributed by atoms with E-state index in [2.05, 4.69) is 15.2 Å². The fourth-order valence-electron chi connectivity index (χ4n) is 1.37. The molecule has 0 aliphatic rings. The van der Waals surface area contributed by atoms with E-state index >= 15 is 0 Å². The van der Waals surface area contributed by atoms with Gasteiger partial charge in [0.25, 0.3) is 0 Å². The van der Waals surface area contributed by atoms with E-state index in [1.54, 1.807) is 12.5 Å². The Morgan fingerprint density at radius 1 is 1.12 bits per heavy atom. The van der Waals surface area contributed by atoms with Crippen LogP contribution in [0.1, 0.15) is 0 Å². The number of imidazole rings is 1. The summed E-state index contributed by atoms with van der Waals surface area (Å²) in [6, 6.07) is 7.90. The molecule has 88 valence electrons. The number of aryl methyl sites for hydroxylation is 1. The Balaban J connectivity index is 2.14. The van der Waals surface area contributed by atoms with Crippen LogP contribution >= 0.6 is 0 Å². The van der Waals surface area contributed by atoms with Crippen LogP contribution in [-0.2, 0) is 7.05 Å². The molecule has 0 bridgehead atoms. The lowest BCUT2D eigenvalue weighted by Crippen LogP contribution is -2.07. The Labute approximate surface area is 100 Å². The zero-order valence-electron chi connectivity index (χ0n) is 10.2. The molecule has 0 aliphatic heterocycles. The van der Waals surface area contributed by atoms with E-state index < -0.39 is 0 Å². The molecule has 0 amide bonds. The molecule has 0 saturated carbocycles. The van der Waals surface area contributed by atoms with Crippen molar-refractivity contribution in [3.8, 4) is 0 Å². The number of anilines is 1. The second-order valence-electron chi connectivity index (χ2n) is 3.97. The molecule has 5 nitrogen and oxygen atoms in total. The Kier molecular flexibility index (Phi) is 3.18. The van der Waals surface area contributed by atoms with Crippen LogP contribution in [0.3, 0.4) is 0 Å². The summed E-state index contributed by atoms with van der Waals surface area (Å²) in [5, 5.41) is 8.28. The average Bonchev–Trinajstić information content (AvgIpc) is 2.73. The van der Waals surface area contributed by atoms with Crippen molar-refractivity contribution < 1.29 is 0 Å². The van der Waals surface area contributed by atoms with Gasteiger partial charge >= 0.3 is 0 Å². The maximum absolute atomic E-state index is 4.16. The number of hydrogen-bond acceptors (Lipinski definition) is 4. The van der Waals surface area contributed by atoms with Crippen molar-refractivity contribution in [2.45, 2.75) is 0 Å². The predicted molar refractivity (Wildman–Crippen MR) is 68.2 cm³/mol. The quantitative estimate of drug-likeness (QED) is 0.760. The molecule has 0 radical (unpaired) electrons. The summed E-state index contributed by atoms with van der Waals surface area (Å²) < 4.78 is 1.82. The molecular weight excluding hydrogens is 214 g/mol. The fraction of sp³-hybridized carbons (Fsp3) is 0.250. The number of rotatable bonds is 3. The van der Waals surface area contributed by atoms with Crippen molar-refractivity contribution in [1.29, 1.82) is 0 Å². The molecule has 0 atom stereocenters. The molecule has 0 aliphatic carbocycles. The van der Waals surface area contributed by atoms with E-state index in [1.165, 1.54) is 0 Å². The Bertz CT molecular complexity index is 510. The zero-order chi connectivity index (χ0) is 12.3. The molecule has 1 heterocycles. The SMILES string of the molecule is CN(C)c1ccc(N=Nc2cncn2C)cc1. The third kappa shape index (κ3) is 2.69. The van der Waals surface area contributed by atoms with Gasteiger partial charge in [-0.25, -0.2) is 4.98 Å². The van der Waals surface area contributed by atoms with Crippen molar-refractivity contribution in [1.82, 2.24) is 9.55 Å². The van der Waals surface area contributed by atoms with Gasteiger partial charge in [-0.3, -0.25) is 0 Å². The van der Waals surface area contributed by atoms with Gasteiger partial charge in [-0.05, 0) is 24.3 Å². The summed E-state index contributed by atoms with van der Waals surface area (Å²) in [5.74, 6) is 0.738. The van der Waals surface area contributed by atoms with Gasteiger partial charge in [-0.2, -0.15) is 0 Å². The van der Waals surface area contributed by atoms with Crippen LogP contribution in [-0.4, -0.2) is 23.6 Å². The normalized spacial score (nSPS) is 11.0. The predicted octanol–water partition coefficient (Wildman–Crippen LogP) is 2.90. The first-order chi connectivity index (χ1) is 8.16. The van der Waals surface area contributed by atoms with Crippen LogP contribution in [0.15, 0.2) is 47.0 Å². The van der Waals surface area contributed by atoms with Gasteiger partial charge in [0.1, 0.15) is 0 Å². The van der Waals surface area contributed by atoms with Crippen LogP contribution in [0.25, 0.3) is 0 Å². The lowest BCUT2D eigenvalue weighted by molar-refractivity contribution is 0.899. The van der Waals surface area contributed by atoms with Crippen molar-refractivity contribution in [2.75, 3.05) is 19.0 Å². The van der Waals surface area contributed by atoms with Crippen molar-refractivity contribution >= 4 is 17.2 Å². The molecule has 0 unspecified atom stereocenters. The molecule has 1 aromatic carbocycles. The fourth-order valence-corrected chi connectivity index (χ4v) is 1.37. The van der Waals surface area contributed by atoms with Crippen LogP contribution in [0.4, 0.5) is 17.2 Å². The summed E-state index contributed by atoms with van der Waals surface area (Å²) in [6.07, 6.45) is 3.38. The molecule has 0 saturated heterocycles. The first-order valence-corrected chi connectivity index (χ1v) is 5.32. The second kappa shape index (κ2) is 4.78. The molecule has 17 heavy (non-hydrogen) atoms. The highest BCUT2D eigenvalue weighted by Crippen LogP contribution is 2.20. The Hall–Kier alpha value is -2.17. The van der Waals surface area contributed by atoms with Crippen molar-refractivity contribution in [3.05, 3.63) is 36.8 Å². The number of hydrogen-bond donors (Lipinski definition) is 0. The minimum atomic E-state index is 0.738. The summed E-state index contributed by atoms with van der Waals surface area (Å²) >= 11 is 0. The summed E-state index contributed by atoms with van der Waals surface area (Å²) in [6.45, 7) is 0. The highest BCUT2D eigenvalue weighted by atomic mass is 15.2. The van der Waals surface area contributed by atoms with Crippen LogP contribution in [0.2, 0.25) is 0 Å². The monoisotopic (exact) mass is 229 g/mol. The van der Waals surface area contributed by atoms with Crippen LogP contribution < -0.4 is 4.90 Å². The van der Waals surface area contributed by atoms with Gasteiger partial charge in [-0.1, -0.05) is 0 Å². The van der Waals surface area contributed by atoms with E-state index in [9.17, 15) is 0 Å². The first-order valence-electron chi connectivity index (χ1n) is 5.32. The second-order valence-corrected chi connectivity index (χ2v) is 3.97. The van der Waals surface area contributed by atoms with Gasteiger partial charge in [0.2, 0.25) is 0 Å². The minimum absolute atomic E-state index is 0.738. The van der Waals surface area contributed by atoms with E-state index in [4.69, 9.17) is 0 Å². The maximum atomic E-state index is 4.16. The highest BCUT2D eigenvalue weighted by Gasteiger charge is 1.96. The van der Waals surface area contributed by atoms with Crippen molar-refractivity contribution in [2.24, 2.45) is 17.3 Å². The standard InChI is InChI=1S/C12H15N5/c1-16(2)11-6-4-10(5-7-11)14-15-12-8-13-9-17(12)3/h4-9H,1-3H3. The van der Waals surface area contributed by atoms with Gasteiger partial charge in [0.15, 0.2) is 5.82 Å². The Morgan fingerprint density at radius 2 is 1.82 bits per heavy atom. The topological polar surface area (TPSA) is 45.8 Å². The number of aromatic nitrogens is 2. The molecule has 5 heteroatoms. The van der Waals surface area contributed by atoms with Crippen LogP contribution in [0, 0.1) is 0 Å². The van der Waals surface area contributed by atoms with Crippen LogP contribution in [0.5, 0.6) is 0 Å². The number of benzene rings is 1. The molecule has 2 rings (SSSR count). The van der Waals surface area contributed by atoms with E-state index in [-0.39, 0.29) is 0 Å². The molecule has 0 N–H and O–H groups in total. The van der Waals surface area contributed by atoms with Gasteiger partial charge in [-0.15, -0.1) is 10.2 Å². The summed E-state index contributed by atoms with van der Waals surface area (Å²) in [5.41, 5.74) is 1.97. The zero-order valence-corrected chi connectivity index (χ0v) is 10.2. The molecule has 0 fully saturated rings. The third-order valence-electron chi connectivity index (χ3n) is 2.43. The smallest absolute Gasteiger partial charge is 0.174 e. The minimum Gasteiger partial charge on any atom is -0.378 e. The third-order valence-corrected chi connectivity index (χ3v) is 2.43. The maximum Gasteiger partial charge on any atom is 0.174 e. The van der Waals surface area contributed by atoms with Gasteiger partial charge in [0, 0.05) is 26.8 Å². The lowest BCUT2D eigenvalue weighted by Gasteiger charge is -2.11. The van der Waals surface area contributed by atoms with E-state index in [0.29, 0.717) is 0 Å². The van der Waals surface area contributed by atoms with E-state index in [0.717, 1.165) is 17.2 Å². The Morgan fingerprint density at radius 3 is 2.35 bits per heavy atom. The molecule has 1 aromatic heterocycles. The lowest BCUT2D eigenvalue weighted by atomic mass is 10.3. The van der Waals surface area contributed by atoms with E-state index in [1.807, 2.05) is 54.9 Å². The van der Waals surface area contributed by atoms with Gasteiger partial charge in [0.05, 0.1) is 18.2 Å². The molecular formula is C12H15N5. The largest absolute Gasteiger partial charge is 0.378 e. The van der Waals surface area contributed by atoms with Gasteiger partial charge < -0.3 is 9.47 Å². The van der Waals surface area contributed by atoms with Crippen molar-refractivity contribution in [3.63, 3.8) is 0 Å². The highest BCUT2D eigenvalue weighted by molar-refractivity contribution is 5.51. The molecule has 0 spiro atoms. The average molecular weight is 229 g/mol. The summed E-state index contributed by atoms with van der Waals surface area (Å²) in [7, 11) is 5.90. The number of nitrogens with zero attached hydrogens (tertiary/aromatic N) is 5. The number of azo groups is 1. The summed E-state index contributed by atoms with van der Waals surface area (Å²) in [4.78, 5) is 6.02. The first kappa shape index (κ1) is 11.3.